The largest absolute Gasteiger partial charge is 0.456 e. The lowest BCUT2D eigenvalue weighted by atomic mass is 9.58. The maximum atomic E-state index is 6.97. The van der Waals surface area contributed by atoms with Crippen LogP contribution in [0, 0.1) is 0 Å². The van der Waals surface area contributed by atoms with E-state index >= 15 is 0 Å². The summed E-state index contributed by atoms with van der Waals surface area (Å²) >= 11 is 0. The molecule has 0 spiro atoms. The smallest absolute Gasteiger partial charge is 0.135 e. The molecule has 14 radical (unpaired) electrons. The van der Waals surface area contributed by atoms with Crippen LogP contribution in [0.5, 0.6) is 0 Å². The highest BCUT2D eigenvalue weighted by atomic mass is 16.3. The molecule has 0 N–H and O–H groups in total. The van der Waals surface area contributed by atoms with E-state index < -0.39 is 0 Å². The van der Waals surface area contributed by atoms with E-state index in [9.17, 15) is 0 Å². The highest BCUT2D eigenvalue weighted by molar-refractivity contribution is 6.72. The minimum atomic E-state index is 0.141. The van der Waals surface area contributed by atoms with E-state index in [0.717, 1.165) is 77.2 Å². The van der Waals surface area contributed by atoms with Crippen LogP contribution >= 0.6 is 0 Å². The zero-order valence-electron chi connectivity index (χ0n) is 30.8. The number of hydrogen-bond donors (Lipinski definition) is 0. The first-order chi connectivity index (χ1) is 27.7. The number of fused-ring (bicyclic) bond motifs is 6. The van der Waals surface area contributed by atoms with Gasteiger partial charge in [0.05, 0.1) is 11.4 Å². The maximum absolute atomic E-state index is 6.97. The highest BCUT2D eigenvalue weighted by Gasteiger charge is 2.23. The van der Waals surface area contributed by atoms with Crippen molar-refractivity contribution in [2.75, 3.05) is 4.90 Å². The van der Waals surface area contributed by atoms with Gasteiger partial charge in [-0.2, -0.15) is 0 Å². The summed E-state index contributed by atoms with van der Waals surface area (Å²) in [6, 6.07) is 50.2. The Morgan fingerprint density at radius 2 is 0.842 bits per heavy atom. The predicted octanol–water partition coefficient (Wildman–Crippen LogP) is 5.41. The fourth-order valence-corrected chi connectivity index (χ4v) is 8.52. The Kier molecular flexibility index (Phi) is 8.34. The average molecular weight is 706 g/mol. The van der Waals surface area contributed by atoms with Crippen LogP contribution in [0.2, 0.25) is 0 Å². The van der Waals surface area contributed by atoms with Crippen LogP contribution in [-0.2, 0) is 0 Å². The molecule has 1 heterocycles. The molecule has 0 fully saturated rings. The van der Waals surface area contributed by atoms with Crippen molar-refractivity contribution in [3.05, 3.63) is 146 Å². The Balaban J connectivity index is 1.20. The van der Waals surface area contributed by atoms with Crippen molar-refractivity contribution in [1.82, 2.24) is 0 Å². The van der Waals surface area contributed by atoms with Crippen molar-refractivity contribution in [1.29, 1.82) is 0 Å². The third-order valence-corrected chi connectivity index (χ3v) is 11.3. The van der Waals surface area contributed by atoms with E-state index in [0.29, 0.717) is 21.8 Å². The minimum Gasteiger partial charge on any atom is -0.456 e. The van der Waals surface area contributed by atoms with Crippen molar-refractivity contribution in [2.24, 2.45) is 0 Å². The molecule has 0 aliphatic carbocycles. The Morgan fingerprint density at radius 1 is 0.351 bits per heavy atom. The van der Waals surface area contributed by atoms with Crippen molar-refractivity contribution in [2.45, 2.75) is 0 Å². The Morgan fingerprint density at radius 3 is 1.49 bits per heavy atom. The number of hydrogen-bond acceptors (Lipinski definition) is 2. The van der Waals surface area contributed by atoms with Crippen molar-refractivity contribution in [3.63, 3.8) is 0 Å². The fourth-order valence-electron chi connectivity index (χ4n) is 8.52. The van der Waals surface area contributed by atoms with Gasteiger partial charge >= 0.3 is 0 Å². The number of rotatable bonds is 5. The summed E-state index contributed by atoms with van der Waals surface area (Å²) in [5.74, 6) is 0. The average Bonchev–Trinajstić information content (AvgIpc) is 3.62. The number of nitrogens with zero attached hydrogens (tertiary/aromatic N) is 1. The van der Waals surface area contributed by atoms with Gasteiger partial charge < -0.3 is 9.32 Å². The van der Waals surface area contributed by atoms with Gasteiger partial charge in [0.15, 0.2) is 0 Å². The molecule has 0 bridgehead atoms. The first kappa shape index (κ1) is 35.2. The first-order valence-electron chi connectivity index (χ1n) is 18.6. The molecule has 2 nitrogen and oxygen atoms in total. The molecule has 0 amide bonds. The SMILES string of the molecule is [B]c1c([B])c([B])c2c([B])c(-c3ccc(N(c4ccccc4)c4ccc(-c5ccc6oc7ccccc7c6c5)c5ccccc45)c4ccccc34)c([B])c([B])c2c1[B]. The van der Waals surface area contributed by atoms with Gasteiger partial charge in [-0.1, -0.05) is 130 Å². The van der Waals surface area contributed by atoms with E-state index in [2.05, 4.69) is 95.9 Å². The van der Waals surface area contributed by atoms with Gasteiger partial charge in [0.25, 0.3) is 0 Å². The van der Waals surface area contributed by atoms with E-state index in [1.807, 2.05) is 54.6 Å². The van der Waals surface area contributed by atoms with Gasteiger partial charge in [-0.25, -0.2) is 0 Å². The molecule has 248 valence electrons. The molecule has 10 rings (SSSR count). The van der Waals surface area contributed by atoms with Crippen LogP contribution in [0.3, 0.4) is 0 Å². The second kappa shape index (κ2) is 13.5. The van der Waals surface area contributed by atoms with Crippen LogP contribution in [0.4, 0.5) is 17.1 Å². The highest BCUT2D eigenvalue weighted by Crippen LogP contribution is 2.46. The standard InChI is InChI=1S/C48H24B7NO/c49-42-39(43(50)44(51)41-40(42)45(52)47(54)48(55)46(41)53)33-20-22-36(31-15-7-5-13-29(31)33)56(26-10-2-1-3-11-26)35-21-19-27(28-12-4-6-14-30(28)35)25-18-23-38-34(24-25)32-16-8-9-17-37(32)57-38/h1-24H. The van der Waals surface area contributed by atoms with Gasteiger partial charge in [-0.05, 0) is 86.3 Å². The molecule has 0 aliphatic rings. The summed E-state index contributed by atoms with van der Waals surface area (Å²) in [6.07, 6.45) is 0. The van der Waals surface area contributed by atoms with E-state index in [4.69, 9.17) is 59.3 Å². The molecule has 10 aromatic rings. The third-order valence-electron chi connectivity index (χ3n) is 11.3. The number of para-hydroxylation sites is 2. The first-order valence-corrected chi connectivity index (χ1v) is 18.6. The third kappa shape index (κ3) is 5.36. The van der Waals surface area contributed by atoms with Crippen molar-refractivity contribution in [3.8, 4) is 22.3 Å². The molecule has 1 aromatic heterocycles. The summed E-state index contributed by atoms with van der Waals surface area (Å²) in [5.41, 5.74) is 9.74. The molecule has 0 aliphatic heterocycles. The van der Waals surface area contributed by atoms with Crippen molar-refractivity contribution < 1.29 is 4.42 Å². The van der Waals surface area contributed by atoms with Gasteiger partial charge in [-0.15, -0.1) is 10.9 Å². The maximum Gasteiger partial charge on any atom is 0.135 e. The Labute approximate surface area is 340 Å². The van der Waals surface area contributed by atoms with E-state index in [1.165, 1.54) is 0 Å². The van der Waals surface area contributed by atoms with Crippen LogP contribution in [0.1, 0.15) is 0 Å². The molecule has 57 heavy (non-hydrogen) atoms. The van der Waals surface area contributed by atoms with E-state index in [-0.39, 0.29) is 32.8 Å². The van der Waals surface area contributed by atoms with Crippen LogP contribution in [0.25, 0.3) is 76.5 Å². The molecule has 0 saturated heterocycles. The molecular formula is C48H24B7NO. The summed E-state index contributed by atoms with van der Waals surface area (Å²) in [6.45, 7) is 0. The quantitative estimate of drug-likeness (QED) is 0.223. The molecule has 0 saturated carbocycles. The van der Waals surface area contributed by atoms with Gasteiger partial charge in [0.1, 0.15) is 66.1 Å². The van der Waals surface area contributed by atoms with Gasteiger partial charge in [0.2, 0.25) is 0 Å². The topological polar surface area (TPSA) is 16.4 Å². The number of furan rings is 1. The zero-order chi connectivity index (χ0) is 39.1. The Bertz CT molecular complexity index is 3290. The summed E-state index contributed by atoms with van der Waals surface area (Å²) in [7, 11) is 46.0. The monoisotopic (exact) mass is 707 g/mol. The number of benzene rings is 9. The number of anilines is 3. The van der Waals surface area contributed by atoms with Gasteiger partial charge in [-0.3, -0.25) is 0 Å². The van der Waals surface area contributed by atoms with Crippen molar-refractivity contribution >= 4 is 164 Å². The fraction of sp³-hybridized carbons (Fsp3) is 0. The summed E-state index contributed by atoms with van der Waals surface area (Å²) in [4.78, 5) is 2.30. The predicted molar refractivity (Wildman–Crippen MR) is 250 cm³/mol. The van der Waals surface area contributed by atoms with Crippen LogP contribution < -0.4 is 43.1 Å². The van der Waals surface area contributed by atoms with Crippen LogP contribution in [0.15, 0.2) is 150 Å². The summed E-state index contributed by atoms with van der Waals surface area (Å²) < 4.78 is 6.16. The van der Waals surface area contributed by atoms with Crippen LogP contribution in [-0.4, -0.2) is 54.9 Å². The second-order valence-electron chi connectivity index (χ2n) is 14.4. The molecular weight excluding hydrogens is 682 g/mol. The second-order valence-corrected chi connectivity index (χ2v) is 14.4. The molecule has 0 atom stereocenters. The minimum absolute atomic E-state index is 0.141. The van der Waals surface area contributed by atoms with Gasteiger partial charge in [0, 0.05) is 27.2 Å². The lowest BCUT2D eigenvalue weighted by Gasteiger charge is -2.30. The zero-order valence-corrected chi connectivity index (χ0v) is 30.8. The van der Waals surface area contributed by atoms with E-state index in [1.54, 1.807) is 0 Å². The molecule has 9 heteroatoms. The lowest BCUT2D eigenvalue weighted by Crippen LogP contribution is -2.52. The lowest BCUT2D eigenvalue weighted by molar-refractivity contribution is 0.669. The summed E-state index contributed by atoms with van der Waals surface area (Å²) in [5, 5.41) is 7.07. The Hall–Kier alpha value is -6.19. The molecule has 0 unspecified atom stereocenters. The molecule has 9 aromatic carbocycles. The normalized spacial score (nSPS) is 11.6.